The van der Waals surface area contributed by atoms with Gasteiger partial charge in [0.25, 0.3) is 0 Å². The summed E-state index contributed by atoms with van der Waals surface area (Å²) in [5.41, 5.74) is -0.00751. The van der Waals surface area contributed by atoms with Crippen molar-refractivity contribution in [2.75, 3.05) is 20.6 Å². The number of hydrogen-bond acceptors (Lipinski definition) is 11. The number of amides is 2. The fraction of sp³-hybridized carbons (Fsp3) is 0.606. The van der Waals surface area contributed by atoms with Gasteiger partial charge in [-0.25, -0.2) is 14.8 Å². The maximum absolute atomic E-state index is 13.1. The lowest BCUT2D eigenvalue weighted by atomic mass is 10.0. The zero-order valence-corrected chi connectivity index (χ0v) is 29.3. The molecule has 1 atom stereocenters. The summed E-state index contributed by atoms with van der Waals surface area (Å²) in [5.74, 6) is -0.931. The largest absolute Gasteiger partial charge is 0.443 e. The van der Waals surface area contributed by atoms with E-state index in [1.165, 1.54) is 33.6 Å². The van der Waals surface area contributed by atoms with E-state index >= 15 is 0 Å². The third kappa shape index (κ3) is 9.85. The Balaban J connectivity index is 1.24. The Morgan fingerprint density at radius 3 is 2.50 bits per heavy atom. The molecule has 0 unspecified atom stereocenters. The molecule has 0 aromatic carbocycles. The van der Waals surface area contributed by atoms with Gasteiger partial charge in [-0.2, -0.15) is 0 Å². The first kappa shape index (κ1) is 35.6. The number of nitrogens with zero attached hydrogens (tertiary/aromatic N) is 4. The molecule has 1 aliphatic carbocycles. The van der Waals surface area contributed by atoms with Crippen LogP contribution in [0.2, 0.25) is 0 Å². The van der Waals surface area contributed by atoms with Gasteiger partial charge < -0.3 is 15.0 Å². The van der Waals surface area contributed by atoms with E-state index in [4.69, 9.17) is 4.74 Å². The zero-order chi connectivity index (χ0) is 33.6. The maximum atomic E-state index is 13.1. The number of ketones is 3. The van der Waals surface area contributed by atoms with Gasteiger partial charge in [0.2, 0.25) is 5.91 Å². The molecule has 13 heteroatoms. The number of likely N-dealkylation sites (tertiary alicyclic amines) is 1. The number of aryl methyl sites for hydroxylation is 1. The minimum Gasteiger partial charge on any atom is -0.443 e. The van der Waals surface area contributed by atoms with Gasteiger partial charge >= 0.3 is 6.09 Å². The standard InChI is InChI=1S/C33H45N5O6S2/c1-21-10-11-22(38(21)31(43)44-32(2,3)4)17-28(42)36-33(14-15-33)27(41)18-23(39)12-13-29-34-25(20-45-29)30-35-24(19-46-30)26(40)9-7-8-16-37(5)6/h17,19-21H,7-16,18H2,1-6H3,(H,36,42)/b22-17-/t21-/m0/s1. The molecule has 11 nitrogen and oxygen atoms in total. The highest BCUT2D eigenvalue weighted by molar-refractivity contribution is 7.14. The fourth-order valence-electron chi connectivity index (χ4n) is 5.23. The van der Waals surface area contributed by atoms with Crippen LogP contribution >= 0.6 is 22.7 Å². The summed E-state index contributed by atoms with van der Waals surface area (Å²) in [6.45, 7) is 8.22. The number of rotatable bonds is 15. The molecule has 1 saturated carbocycles. The van der Waals surface area contributed by atoms with E-state index in [0.29, 0.717) is 60.6 Å². The SMILES string of the molecule is C[C@H]1CC/C(=C/C(=O)NC2(C(=O)CC(=O)CCc3nc(-c4nc(C(=O)CCCCN(C)C)cs4)cs3)CC2)N1C(=O)OC(C)(C)C. The predicted octanol–water partition coefficient (Wildman–Crippen LogP) is 5.59. The van der Waals surface area contributed by atoms with Crippen LogP contribution in [0.4, 0.5) is 4.79 Å². The smallest absolute Gasteiger partial charge is 0.414 e. The number of Topliss-reactive ketones (excluding diaryl/α,β-unsaturated/α-hetero) is 3. The van der Waals surface area contributed by atoms with Gasteiger partial charge in [0.05, 0.1) is 17.0 Å². The van der Waals surface area contributed by atoms with E-state index in [1.54, 1.807) is 26.2 Å². The lowest BCUT2D eigenvalue weighted by Crippen LogP contribution is -2.44. The molecular weight excluding hydrogens is 627 g/mol. The third-order valence-corrected chi connectivity index (χ3v) is 9.67. The van der Waals surface area contributed by atoms with Crippen LogP contribution in [0.15, 0.2) is 22.5 Å². The quantitative estimate of drug-likeness (QED) is 0.111. The summed E-state index contributed by atoms with van der Waals surface area (Å²) in [7, 11) is 4.03. The van der Waals surface area contributed by atoms with Gasteiger partial charge in [0.1, 0.15) is 27.8 Å². The van der Waals surface area contributed by atoms with Crippen molar-refractivity contribution in [3.8, 4) is 10.7 Å². The van der Waals surface area contributed by atoms with Crippen molar-refractivity contribution in [3.05, 3.63) is 33.2 Å². The number of hydrogen-bond donors (Lipinski definition) is 1. The number of thiazole rings is 2. The lowest BCUT2D eigenvalue weighted by molar-refractivity contribution is -0.131. The number of aromatic nitrogens is 2. The van der Waals surface area contributed by atoms with Gasteiger partial charge in [0.15, 0.2) is 11.6 Å². The highest BCUT2D eigenvalue weighted by Crippen LogP contribution is 2.38. The molecule has 0 radical (unpaired) electrons. The first-order valence-corrected chi connectivity index (χ1v) is 17.6. The van der Waals surface area contributed by atoms with Crippen LogP contribution in [0.1, 0.15) is 101 Å². The molecule has 2 aromatic rings. The van der Waals surface area contributed by atoms with E-state index < -0.39 is 23.1 Å². The molecule has 1 aliphatic heterocycles. The summed E-state index contributed by atoms with van der Waals surface area (Å²) in [5, 5.41) is 7.87. The molecule has 0 bridgehead atoms. The Morgan fingerprint density at radius 1 is 1.09 bits per heavy atom. The van der Waals surface area contributed by atoms with E-state index in [2.05, 4.69) is 20.2 Å². The highest BCUT2D eigenvalue weighted by atomic mass is 32.1. The molecule has 2 aliphatic rings. The summed E-state index contributed by atoms with van der Waals surface area (Å²) < 4.78 is 5.51. The second kappa shape index (κ2) is 15.1. The van der Waals surface area contributed by atoms with Crippen molar-refractivity contribution < 1.29 is 28.7 Å². The Hall–Kier alpha value is -3.29. The average molecular weight is 672 g/mol. The van der Waals surface area contributed by atoms with Gasteiger partial charge in [-0.3, -0.25) is 24.1 Å². The Kier molecular flexibility index (Phi) is 11.7. The molecular formula is C33H45N5O6S2. The van der Waals surface area contributed by atoms with Crippen molar-refractivity contribution >= 4 is 52.0 Å². The third-order valence-electron chi connectivity index (χ3n) is 7.90. The van der Waals surface area contributed by atoms with Gasteiger partial charge in [-0.15, -0.1) is 22.7 Å². The van der Waals surface area contributed by atoms with Crippen LogP contribution < -0.4 is 5.32 Å². The Bertz CT molecular complexity index is 1480. The number of allylic oxidation sites excluding steroid dienone is 1. The first-order chi connectivity index (χ1) is 21.7. The van der Waals surface area contributed by atoms with E-state index in [0.717, 1.165) is 24.4 Å². The maximum Gasteiger partial charge on any atom is 0.414 e. The van der Waals surface area contributed by atoms with Gasteiger partial charge in [-0.1, -0.05) is 0 Å². The molecule has 4 rings (SSSR count). The van der Waals surface area contributed by atoms with Gasteiger partial charge in [-0.05, 0) is 86.9 Å². The molecule has 3 heterocycles. The minimum absolute atomic E-state index is 0.0316. The number of carbonyl (C=O) groups is 5. The van der Waals surface area contributed by atoms with Crippen LogP contribution in [-0.2, 0) is 25.5 Å². The first-order valence-electron chi connectivity index (χ1n) is 15.8. The molecule has 2 aromatic heterocycles. The van der Waals surface area contributed by atoms with Crippen molar-refractivity contribution in [3.63, 3.8) is 0 Å². The molecule has 2 fully saturated rings. The zero-order valence-electron chi connectivity index (χ0n) is 27.6. The molecule has 1 N–H and O–H groups in total. The lowest BCUT2D eigenvalue weighted by Gasteiger charge is -2.28. The van der Waals surface area contributed by atoms with Crippen molar-refractivity contribution in [1.82, 2.24) is 25.1 Å². The van der Waals surface area contributed by atoms with Gasteiger partial charge in [0, 0.05) is 47.8 Å². The van der Waals surface area contributed by atoms with Crippen LogP contribution in [0, 0.1) is 0 Å². The van der Waals surface area contributed by atoms with E-state index in [9.17, 15) is 24.0 Å². The molecule has 1 saturated heterocycles. The fourth-order valence-corrected chi connectivity index (χ4v) is 6.87. The van der Waals surface area contributed by atoms with Crippen molar-refractivity contribution in [2.45, 2.75) is 109 Å². The molecule has 0 spiro atoms. The summed E-state index contributed by atoms with van der Waals surface area (Å²) in [6.07, 6.45) is 5.61. The number of carbonyl (C=O) groups excluding carboxylic acids is 5. The second-order valence-electron chi connectivity index (χ2n) is 13.4. The van der Waals surface area contributed by atoms with Crippen molar-refractivity contribution in [1.29, 1.82) is 0 Å². The van der Waals surface area contributed by atoms with E-state index in [1.807, 2.05) is 26.4 Å². The summed E-state index contributed by atoms with van der Waals surface area (Å²) in [6, 6.07) is -0.104. The Morgan fingerprint density at radius 2 is 1.83 bits per heavy atom. The topological polar surface area (TPSA) is 139 Å². The number of ether oxygens (including phenoxy) is 1. The predicted molar refractivity (Wildman–Crippen MR) is 178 cm³/mol. The number of unbranched alkanes of at least 4 members (excludes halogenated alkanes) is 1. The van der Waals surface area contributed by atoms with Crippen molar-refractivity contribution in [2.24, 2.45) is 0 Å². The normalized spacial score (nSPS) is 18.2. The highest BCUT2D eigenvalue weighted by Gasteiger charge is 2.50. The van der Waals surface area contributed by atoms with Crippen LogP contribution in [0.25, 0.3) is 10.7 Å². The van der Waals surface area contributed by atoms with Crippen LogP contribution in [0.5, 0.6) is 0 Å². The second-order valence-corrected chi connectivity index (χ2v) is 15.2. The minimum atomic E-state index is -1.04. The summed E-state index contributed by atoms with van der Waals surface area (Å²) >= 11 is 2.79. The Labute approximate surface area is 278 Å². The molecule has 250 valence electrons. The number of nitrogens with one attached hydrogen (secondary N) is 1. The molecule has 46 heavy (non-hydrogen) atoms. The molecule has 2 amide bonds. The average Bonchev–Trinajstić information content (AvgIpc) is 3.30. The monoisotopic (exact) mass is 671 g/mol. The van der Waals surface area contributed by atoms with Crippen LogP contribution in [-0.4, -0.2) is 86.9 Å². The van der Waals surface area contributed by atoms with E-state index in [-0.39, 0.29) is 36.2 Å². The summed E-state index contributed by atoms with van der Waals surface area (Å²) in [4.78, 5) is 76.7. The van der Waals surface area contributed by atoms with Crippen LogP contribution in [0.3, 0.4) is 0 Å².